The first-order valence-corrected chi connectivity index (χ1v) is 7.42. The highest BCUT2D eigenvalue weighted by atomic mass is 16.2. The van der Waals surface area contributed by atoms with Crippen molar-refractivity contribution in [2.45, 2.75) is 59.4 Å². The molecular formula is C15H30N2O. The fraction of sp³-hybridized carbons (Fsp3) is 0.933. The predicted octanol–water partition coefficient (Wildman–Crippen LogP) is 2.66. The third-order valence-corrected chi connectivity index (χ3v) is 4.64. The van der Waals surface area contributed by atoms with E-state index in [0.29, 0.717) is 17.9 Å². The minimum absolute atomic E-state index is 0.0993. The molecule has 1 aliphatic heterocycles. The Balaban J connectivity index is 2.81. The number of nitrogens with zero attached hydrogens (tertiary/aromatic N) is 1. The Kier molecular flexibility index (Phi) is 5.64. The van der Waals surface area contributed by atoms with Crippen molar-refractivity contribution in [3.8, 4) is 0 Å². The van der Waals surface area contributed by atoms with Crippen LogP contribution in [0.5, 0.6) is 0 Å². The van der Waals surface area contributed by atoms with Gasteiger partial charge < -0.3 is 10.2 Å². The molecule has 0 bridgehead atoms. The molecule has 1 heterocycles. The molecule has 1 amide bonds. The van der Waals surface area contributed by atoms with Gasteiger partial charge in [0.25, 0.3) is 0 Å². The number of amides is 1. The second-order valence-corrected chi connectivity index (χ2v) is 6.18. The molecule has 1 aliphatic rings. The molecule has 1 unspecified atom stereocenters. The molecule has 1 saturated heterocycles. The summed E-state index contributed by atoms with van der Waals surface area (Å²) in [5.74, 6) is 0.881. The molecule has 1 rings (SSSR count). The number of hydrogen-bond acceptors (Lipinski definition) is 2. The highest BCUT2D eigenvalue weighted by Crippen LogP contribution is 2.36. The van der Waals surface area contributed by atoms with E-state index in [9.17, 15) is 4.79 Å². The summed E-state index contributed by atoms with van der Waals surface area (Å²) in [6, 6.07) is 0.320. The van der Waals surface area contributed by atoms with Crippen LogP contribution in [0.15, 0.2) is 0 Å². The summed E-state index contributed by atoms with van der Waals surface area (Å²) in [4.78, 5) is 14.8. The first-order chi connectivity index (χ1) is 8.44. The number of nitrogens with one attached hydrogen (secondary N) is 1. The van der Waals surface area contributed by atoms with Crippen LogP contribution in [0, 0.1) is 11.3 Å². The molecule has 1 fully saturated rings. The Morgan fingerprint density at radius 2 is 1.83 bits per heavy atom. The zero-order valence-corrected chi connectivity index (χ0v) is 12.8. The molecule has 0 aromatic carbocycles. The zero-order valence-electron chi connectivity index (χ0n) is 12.8. The molecule has 106 valence electrons. The summed E-state index contributed by atoms with van der Waals surface area (Å²) in [7, 11) is 1.98. The van der Waals surface area contributed by atoms with Gasteiger partial charge in [-0.2, -0.15) is 0 Å². The van der Waals surface area contributed by atoms with Crippen LogP contribution in [0.4, 0.5) is 0 Å². The van der Waals surface area contributed by atoms with Crippen molar-refractivity contribution in [2.24, 2.45) is 11.3 Å². The quantitative estimate of drug-likeness (QED) is 0.818. The highest BCUT2D eigenvalue weighted by molar-refractivity contribution is 5.83. The number of carbonyl (C=O) groups excluding carboxylic acids is 1. The SMILES string of the molecule is CCCC1(C(=O)N(C)C(C)C(C)C)CCNCC1. The maximum absolute atomic E-state index is 12.9. The summed E-state index contributed by atoms with van der Waals surface area (Å²) in [5.41, 5.74) is -0.0993. The maximum atomic E-state index is 12.9. The van der Waals surface area contributed by atoms with Gasteiger partial charge in [-0.05, 0) is 45.2 Å². The third-order valence-electron chi connectivity index (χ3n) is 4.64. The second kappa shape index (κ2) is 6.55. The summed E-state index contributed by atoms with van der Waals surface area (Å²) in [6.07, 6.45) is 4.11. The lowest BCUT2D eigenvalue weighted by Crippen LogP contribution is -2.51. The molecule has 0 saturated carbocycles. The van der Waals surface area contributed by atoms with E-state index in [4.69, 9.17) is 0 Å². The van der Waals surface area contributed by atoms with Gasteiger partial charge in [0.15, 0.2) is 0 Å². The van der Waals surface area contributed by atoms with Gasteiger partial charge in [-0.3, -0.25) is 4.79 Å². The minimum Gasteiger partial charge on any atom is -0.342 e. The largest absolute Gasteiger partial charge is 0.342 e. The Labute approximate surface area is 112 Å². The average Bonchev–Trinajstić information content (AvgIpc) is 2.37. The normalized spacial score (nSPS) is 20.8. The van der Waals surface area contributed by atoms with Gasteiger partial charge in [-0.1, -0.05) is 27.2 Å². The van der Waals surface area contributed by atoms with Gasteiger partial charge in [0.2, 0.25) is 5.91 Å². The van der Waals surface area contributed by atoms with E-state index in [1.54, 1.807) is 0 Å². The van der Waals surface area contributed by atoms with Gasteiger partial charge in [0.1, 0.15) is 0 Å². The van der Waals surface area contributed by atoms with E-state index in [1.807, 2.05) is 11.9 Å². The predicted molar refractivity (Wildman–Crippen MR) is 76.5 cm³/mol. The molecule has 0 aliphatic carbocycles. The molecule has 0 aromatic heterocycles. The molecule has 3 heteroatoms. The van der Waals surface area contributed by atoms with E-state index < -0.39 is 0 Å². The standard InChI is InChI=1S/C15H30N2O/c1-6-7-15(8-10-16-11-9-15)14(18)17(5)13(4)12(2)3/h12-13,16H,6-11H2,1-5H3. The van der Waals surface area contributed by atoms with Gasteiger partial charge in [-0.15, -0.1) is 0 Å². The van der Waals surface area contributed by atoms with Crippen LogP contribution in [0.3, 0.4) is 0 Å². The average molecular weight is 254 g/mol. The second-order valence-electron chi connectivity index (χ2n) is 6.18. The van der Waals surface area contributed by atoms with Crippen LogP contribution in [-0.2, 0) is 4.79 Å². The van der Waals surface area contributed by atoms with Crippen molar-refractivity contribution in [3.63, 3.8) is 0 Å². The van der Waals surface area contributed by atoms with Crippen LogP contribution >= 0.6 is 0 Å². The molecule has 1 N–H and O–H groups in total. The molecule has 0 aromatic rings. The molecule has 0 radical (unpaired) electrons. The molecule has 1 atom stereocenters. The fourth-order valence-electron chi connectivity index (χ4n) is 2.96. The lowest BCUT2D eigenvalue weighted by atomic mass is 9.74. The molecule has 3 nitrogen and oxygen atoms in total. The Morgan fingerprint density at radius 1 is 1.28 bits per heavy atom. The number of hydrogen-bond donors (Lipinski definition) is 1. The Bertz CT molecular complexity index is 264. The van der Waals surface area contributed by atoms with Crippen molar-refractivity contribution in [2.75, 3.05) is 20.1 Å². The number of carbonyl (C=O) groups is 1. The van der Waals surface area contributed by atoms with E-state index in [1.165, 1.54) is 0 Å². The van der Waals surface area contributed by atoms with Crippen molar-refractivity contribution in [1.29, 1.82) is 0 Å². The van der Waals surface area contributed by atoms with Crippen molar-refractivity contribution >= 4 is 5.91 Å². The van der Waals surface area contributed by atoms with Gasteiger partial charge >= 0.3 is 0 Å². The monoisotopic (exact) mass is 254 g/mol. The molecule has 18 heavy (non-hydrogen) atoms. The summed E-state index contributed by atoms with van der Waals surface area (Å²) in [6.45, 7) is 10.7. The minimum atomic E-state index is -0.0993. The van der Waals surface area contributed by atoms with Crippen LogP contribution in [0.25, 0.3) is 0 Å². The van der Waals surface area contributed by atoms with Gasteiger partial charge in [0, 0.05) is 13.1 Å². The summed E-state index contributed by atoms with van der Waals surface area (Å²) in [5, 5.41) is 3.37. The van der Waals surface area contributed by atoms with Crippen LogP contribution in [-0.4, -0.2) is 37.0 Å². The summed E-state index contributed by atoms with van der Waals surface area (Å²) >= 11 is 0. The number of piperidine rings is 1. The van der Waals surface area contributed by atoms with Gasteiger partial charge in [-0.25, -0.2) is 0 Å². The summed E-state index contributed by atoms with van der Waals surface area (Å²) < 4.78 is 0. The van der Waals surface area contributed by atoms with E-state index in [0.717, 1.165) is 38.8 Å². The lowest BCUT2D eigenvalue weighted by Gasteiger charge is -2.41. The first kappa shape index (κ1) is 15.5. The Hall–Kier alpha value is -0.570. The van der Waals surface area contributed by atoms with Crippen molar-refractivity contribution in [1.82, 2.24) is 10.2 Å². The van der Waals surface area contributed by atoms with Crippen LogP contribution in [0.2, 0.25) is 0 Å². The third kappa shape index (κ3) is 3.25. The zero-order chi connectivity index (χ0) is 13.8. The maximum Gasteiger partial charge on any atom is 0.228 e. The Morgan fingerprint density at radius 3 is 2.28 bits per heavy atom. The number of rotatable bonds is 5. The first-order valence-electron chi connectivity index (χ1n) is 7.42. The molecular weight excluding hydrogens is 224 g/mol. The van der Waals surface area contributed by atoms with Crippen LogP contribution < -0.4 is 5.32 Å². The van der Waals surface area contributed by atoms with E-state index >= 15 is 0 Å². The van der Waals surface area contributed by atoms with Crippen molar-refractivity contribution in [3.05, 3.63) is 0 Å². The van der Waals surface area contributed by atoms with Crippen LogP contribution in [0.1, 0.15) is 53.4 Å². The van der Waals surface area contributed by atoms with Crippen molar-refractivity contribution < 1.29 is 4.79 Å². The highest BCUT2D eigenvalue weighted by Gasteiger charge is 2.41. The smallest absolute Gasteiger partial charge is 0.228 e. The van der Waals surface area contributed by atoms with E-state index in [2.05, 4.69) is 33.0 Å². The lowest BCUT2D eigenvalue weighted by molar-refractivity contribution is -0.145. The fourth-order valence-corrected chi connectivity index (χ4v) is 2.96. The van der Waals surface area contributed by atoms with E-state index in [-0.39, 0.29) is 5.41 Å². The topological polar surface area (TPSA) is 32.3 Å². The van der Waals surface area contributed by atoms with Gasteiger partial charge in [0.05, 0.1) is 5.41 Å². The molecule has 0 spiro atoms.